The second-order valence-electron chi connectivity index (χ2n) is 5.87. The van der Waals surface area contributed by atoms with Gasteiger partial charge < -0.3 is 0 Å². The van der Waals surface area contributed by atoms with Crippen molar-refractivity contribution in [3.63, 3.8) is 0 Å². The number of benzene rings is 2. The van der Waals surface area contributed by atoms with Gasteiger partial charge in [-0.2, -0.15) is 0 Å². The predicted octanol–water partition coefficient (Wildman–Crippen LogP) is 2.99. The summed E-state index contributed by atoms with van der Waals surface area (Å²) in [5.74, 6) is 0. The van der Waals surface area contributed by atoms with Crippen LogP contribution in [-0.4, -0.2) is 9.97 Å². The molecular formula is C19H10N2O2. The molecule has 0 bridgehead atoms. The van der Waals surface area contributed by atoms with Gasteiger partial charge in [0.25, 0.3) is 0 Å². The highest BCUT2D eigenvalue weighted by atomic mass is 16.1. The highest BCUT2D eigenvalue weighted by Crippen LogP contribution is 2.27. The first-order valence-corrected chi connectivity index (χ1v) is 7.37. The molecule has 0 aliphatic carbocycles. The van der Waals surface area contributed by atoms with Gasteiger partial charge in [-0.3, -0.25) is 9.59 Å². The fourth-order valence-electron chi connectivity index (χ4n) is 3.32. The fraction of sp³-hybridized carbons (Fsp3) is 0.0526. The average Bonchev–Trinajstić information content (AvgIpc) is 3.00. The molecule has 0 N–H and O–H groups in total. The molecule has 4 nitrogen and oxygen atoms in total. The Morgan fingerprint density at radius 1 is 0.652 bits per heavy atom. The number of aryl methyl sites for hydroxylation is 1. The van der Waals surface area contributed by atoms with Gasteiger partial charge in [-0.1, -0.05) is 42.0 Å². The minimum absolute atomic E-state index is 0.120. The summed E-state index contributed by atoms with van der Waals surface area (Å²) >= 11 is 0. The van der Waals surface area contributed by atoms with Crippen molar-refractivity contribution in [2.75, 3.05) is 0 Å². The van der Waals surface area contributed by atoms with Crippen LogP contribution in [0.5, 0.6) is 0 Å². The van der Waals surface area contributed by atoms with Gasteiger partial charge in [0.2, 0.25) is 10.9 Å². The maximum absolute atomic E-state index is 12.6. The van der Waals surface area contributed by atoms with Gasteiger partial charge in [0.15, 0.2) is 0 Å². The molecule has 4 heteroatoms. The number of hydrogen-bond donors (Lipinski definition) is 0. The summed E-state index contributed by atoms with van der Waals surface area (Å²) in [6, 6.07) is 13.0. The van der Waals surface area contributed by atoms with E-state index in [4.69, 9.17) is 0 Å². The van der Waals surface area contributed by atoms with Crippen LogP contribution in [0.2, 0.25) is 0 Å². The second-order valence-corrected chi connectivity index (χ2v) is 5.87. The maximum atomic E-state index is 12.6. The lowest BCUT2D eigenvalue weighted by molar-refractivity contribution is 1.43. The molecule has 0 spiro atoms. The summed E-state index contributed by atoms with van der Waals surface area (Å²) in [5.41, 5.74) is 2.48. The Hall–Kier alpha value is -3.14. The van der Waals surface area contributed by atoms with Gasteiger partial charge >= 0.3 is 0 Å². The van der Waals surface area contributed by atoms with Gasteiger partial charge in [0.1, 0.15) is 22.1 Å². The second kappa shape index (κ2) is 3.98. The number of aromatic nitrogens is 2. The minimum Gasteiger partial charge on any atom is -0.287 e. The average molecular weight is 298 g/mol. The van der Waals surface area contributed by atoms with Gasteiger partial charge in [-0.25, -0.2) is 9.97 Å². The van der Waals surface area contributed by atoms with Crippen LogP contribution in [0.15, 0.2) is 52.1 Å². The van der Waals surface area contributed by atoms with Crippen molar-refractivity contribution >= 4 is 43.6 Å². The first-order valence-electron chi connectivity index (χ1n) is 7.37. The van der Waals surface area contributed by atoms with Crippen LogP contribution in [-0.2, 0) is 0 Å². The number of nitrogens with zero attached hydrogens (tertiary/aromatic N) is 2. The molecular weight excluding hydrogens is 288 g/mol. The Bertz CT molecular complexity index is 1360. The van der Waals surface area contributed by atoms with Crippen molar-refractivity contribution in [3.8, 4) is 0 Å². The molecule has 0 fully saturated rings. The first-order chi connectivity index (χ1) is 11.1. The van der Waals surface area contributed by atoms with Crippen LogP contribution >= 0.6 is 0 Å². The Labute approximate surface area is 129 Å². The van der Waals surface area contributed by atoms with Crippen LogP contribution in [0.25, 0.3) is 43.6 Å². The van der Waals surface area contributed by atoms with Gasteiger partial charge in [0.05, 0.1) is 0 Å². The molecule has 0 radical (unpaired) electrons. The van der Waals surface area contributed by atoms with E-state index in [0.717, 1.165) is 16.3 Å². The Morgan fingerprint density at radius 2 is 1.22 bits per heavy atom. The van der Waals surface area contributed by atoms with E-state index in [1.165, 1.54) is 0 Å². The topological polar surface area (TPSA) is 59.9 Å². The van der Waals surface area contributed by atoms with Crippen molar-refractivity contribution in [2.24, 2.45) is 0 Å². The van der Waals surface area contributed by atoms with Crippen LogP contribution in [0.4, 0.5) is 0 Å². The van der Waals surface area contributed by atoms with Gasteiger partial charge in [-0.15, -0.1) is 0 Å². The molecule has 4 aromatic carbocycles. The highest BCUT2D eigenvalue weighted by molar-refractivity contribution is 6.14. The standard InChI is InChI=1S/C19H10N2O2/c1-9-6-7-11-13(8-9)19(23)17-15(11)21-16-14(20-17)10-4-2-3-5-12(10)18(16)22/h2-8H,1H3. The molecule has 1 heterocycles. The third-order valence-electron chi connectivity index (χ3n) is 4.43. The molecule has 0 aliphatic rings. The van der Waals surface area contributed by atoms with E-state index in [-0.39, 0.29) is 10.9 Å². The monoisotopic (exact) mass is 298 g/mol. The summed E-state index contributed by atoms with van der Waals surface area (Å²) in [4.78, 5) is 34.2. The van der Waals surface area contributed by atoms with Crippen molar-refractivity contribution in [2.45, 2.75) is 6.92 Å². The fourth-order valence-corrected chi connectivity index (χ4v) is 3.32. The summed E-state index contributed by atoms with van der Waals surface area (Å²) in [6.45, 7) is 1.94. The molecule has 0 unspecified atom stereocenters. The van der Waals surface area contributed by atoms with Gasteiger partial charge in [0, 0.05) is 21.5 Å². The minimum atomic E-state index is -0.126. The van der Waals surface area contributed by atoms with E-state index >= 15 is 0 Å². The Balaban J connectivity index is 2.12. The van der Waals surface area contributed by atoms with Crippen molar-refractivity contribution < 1.29 is 0 Å². The Morgan fingerprint density at radius 3 is 1.91 bits per heavy atom. The van der Waals surface area contributed by atoms with E-state index < -0.39 is 0 Å². The number of hydrogen-bond acceptors (Lipinski definition) is 4. The molecule has 0 saturated heterocycles. The number of rotatable bonds is 0. The van der Waals surface area contributed by atoms with E-state index in [0.29, 0.717) is 32.8 Å². The molecule has 5 rings (SSSR count). The number of fused-ring (bicyclic) bond motifs is 6. The van der Waals surface area contributed by atoms with Gasteiger partial charge in [-0.05, 0) is 13.0 Å². The predicted molar refractivity (Wildman–Crippen MR) is 91.7 cm³/mol. The SMILES string of the molecule is Cc1ccc2c(c1)c(=O)c1nc3c(nc12)c(=O)c1ccccc13. The van der Waals surface area contributed by atoms with Crippen LogP contribution in [0.1, 0.15) is 5.56 Å². The van der Waals surface area contributed by atoms with E-state index in [1.807, 2.05) is 43.3 Å². The zero-order valence-corrected chi connectivity index (χ0v) is 12.3. The van der Waals surface area contributed by atoms with E-state index in [9.17, 15) is 9.59 Å². The largest absolute Gasteiger partial charge is 0.287 e. The van der Waals surface area contributed by atoms with E-state index in [2.05, 4.69) is 9.97 Å². The van der Waals surface area contributed by atoms with Crippen LogP contribution < -0.4 is 10.9 Å². The Kier molecular flexibility index (Phi) is 2.15. The third-order valence-corrected chi connectivity index (χ3v) is 4.43. The molecule has 0 amide bonds. The first kappa shape index (κ1) is 12.4. The summed E-state index contributed by atoms with van der Waals surface area (Å²) in [7, 11) is 0. The summed E-state index contributed by atoms with van der Waals surface area (Å²) in [5, 5.41) is 2.73. The highest BCUT2D eigenvalue weighted by Gasteiger charge is 2.18. The van der Waals surface area contributed by atoms with Crippen molar-refractivity contribution in [1.29, 1.82) is 0 Å². The lowest BCUT2D eigenvalue weighted by Crippen LogP contribution is -2.00. The van der Waals surface area contributed by atoms with Crippen LogP contribution in [0.3, 0.4) is 0 Å². The quantitative estimate of drug-likeness (QED) is 0.441. The van der Waals surface area contributed by atoms with Crippen LogP contribution in [0, 0.1) is 6.92 Å². The smallest absolute Gasteiger partial charge is 0.214 e. The summed E-state index contributed by atoms with van der Waals surface area (Å²) in [6.07, 6.45) is 0. The molecule has 0 atom stereocenters. The lowest BCUT2D eigenvalue weighted by atomic mass is 10.1. The normalized spacial score (nSPS) is 12.0. The molecule has 0 saturated carbocycles. The molecule has 108 valence electrons. The molecule has 5 aromatic rings. The lowest BCUT2D eigenvalue weighted by Gasteiger charge is -1.94. The van der Waals surface area contributed by atoms with E-state index in [1.54, 1.807) is 6.07 Å². The van der Waals surface area contributed by atoms with Crippen molar-refractivity contribution in [1.82, 2.24) is 9.97 Å². The van der Waals surface area contributed by atoms with Crippen molar-refractivity contribution in [3.05, 3.63) is 68.5 Å². The third kappa shape index (κ3) is 1.45. The zero-order valence-electron chi connectivity index (χ0n) is 12.3. The zero-order chi connectivity index (χ0) is 15.7. The maximum Gasteiger partial charge on any atom is 0.214 e. The summed E-state index contributed by atoms with van der Waals surface area (Å²) < 4.78 is 0. The molecule has 23 heavy (non-hydrogen) atoms. The molecule has 1 aromatic heterocycles. The molecule has 0 aliphatic heterocycles.